The van der Waals surface area contributed by atoms with Crippen LogP contribution in [0.25, 0.3) is 10.8 Å². The van der Waals surface area contributed by atoms with E-state index in [1.165, 1.54) is 5.39 Å². The maximum absolute atomic E-state index is 12.4. The van der Waals surface area contributed by atoms with Crippen LogP contribution in [-0.2, 0) is 0 Å². The van der Waals surface area contributed by atoms with Crippen molar-refractivity contribution in [2.45, 2.75) is 39.2 Å². The van der Waals surface area contributed by atoms with Gasteiger partial charge in [0.2, 0.25) is 0 Å². The Kier molecular flexibility index (Phi) is 4.91. The lowest BCUT2D eigenvalue weighted by Crippen LogP contribution is -2.16. The highest BCUT2D eigenvalue weighted by Crippen LogP contribution is 2.20. The molecule has 2 heteroatoms. The van der Waals surface area contributed by atoms with Crippen molar-refractivity contribution in [3.05, 3.63) is 48.0 Å². The van der Waals surface area contributed by atoms with Gasteiger partial charge in [0.1, 0.15) is 0 Å². The van der Waals surface area contributed by atoms with E-state index in [9.17, 15) is 4.79 Å². The predicted molar refractivity (Wildman–Crippen MR) is 84.9 cm³/mol. The second-order valence-electron chi connectivity index (χ2n) is 5.74. The first kappa shape index (κ1) is 14.7. The van der Waals surface area contributed by atoms with Gasteiger partial charge in [0.25, 0.3) is 0 Å². The van der Waals surface area contributed by atoms with E-state index < -0.39 is 0 Å². The summed E-state index contributed by atoms with van der Waals surface area (Å²) < 4.78 is 0. The molecular weight excluding hydrogens is 246 g/mol. The Hall–Kier alpha value is -1.67. The predicted octanol–water partition coefficient (Wildman–Crippen LogP) is 4.18. The summed E-state index contributed by atoms with van der Waals surface area (Å²) in [5.74, 6) is 0.301. The topological polar surface area (TPSA) is 43.1 Å². The van der Waals surface area contributed by atoms with E-state index >= 15 is 0 Å². The Morgan fingerprint density at radius 3 is 2.45 bits per heavy atom. The molecule has 0 aliphatic heterocycles. The quantitative estimate of drug-likeness (QED) is 0.799. The minimum Gasteiger partial charge on any atom is -0.328 e. The molecule has 0 heterocycles. The van der Waals surface area contributed by atoms with Crippen LogP contribution in [0.4, 0.5) is 0 Å². The smallest absolute Gasteiger partial charge is 0.165 e. The summed E-state index contributed by atoms with van der Waals surface area (Å²) in [7, 11) is 0. The fourth-order valence-corrected chi connectivity index (χ4v) is 2.50. The highest BCUT2D eigenvalue weighted by Gasteiger charge is 2.15. The van der Waals surface area contributed by atoms with E-state index in [4.69, 9.17) is 5.73 Å². The fraction of sp³-hybridized carbons (Fsp3) is 0.389. The zero-order chi connectivity index (χ0) is 14.5. The van der Waals surface area contributed by atoms with Gasteiger partial charge in [-0.2, -0.15) is 0 Å². The number of rotatable bonds is 6. The molecule has 2 nitrogen and oxygen atoms in total. The van der Waals surface area contributed by atoms with Gasteiger partial charge in [0.05, 0.1) is 0 Å². The molecule has 2 unspecified atom stereocenters. The highest BCUT2D eigenvalue weighted by atomic mass is 16.1. The third-order valence-corrected chi connectivity index (χ3v) is 3.78. The first-order valence-corrected chi connectivity index (χ1v) is 7.36. The number of Topliss-reactive ketones (excluding diaryl/α,β-unsaturated/α-hetero) is 1. The van der Waals surface area contributed by atoms with Crippen LogP contribution in [0.1, 0.15) is 43.5 Å². The second-order valence-corrected chi connectivity index (χ2v) is 5.74. The molecule has 0 fully saturated rings. The van der Waals surface area contributed by atoms with Crippen LogP contribution in [-0.4, -0.2) is 11.8 Å². The lowest BCUT2D eigenvalue weighted by molar-refractivity contribution is 0.0922. The standard InChI is InChI=1S/C18H23NO/c1-13(6-5-7-14(2)19)18(20)17-11-10-15-8-3-4-9-16(15)12-17/h3-4,8-14H,5-7,19H2,1-2H3. The van der Waals surface area contributed by atoms with Gasteiger partial charge in [-0.1, -0.05) is 49.7 Å². The lowest BCUT2D eigenvalue weighted by Gasteiger charge is -2.12. The average Bonchev–Trinajstić information content (AvgIpc) is 2.45. The van der Waals surface area contributed by atoms with Crippen molar-refractivity contribution in [3.8, 4) is 0 Å². The number of benzene rings is 2. The second kappa shape index (κ2) is 6.67. The molecule has 0 aromatic heterocycles. The largest absolute Gasteiger partial charge is 0.328 e. The Balaban J connectivity index is 2.06. The third-order valence-electron chi connectivity index (χ3n) is 3.78. The number of carbonyl (C=O) groups excluding carboxylic acids is 1. The maximum Gasteiger partial charge on any atom is 0.165 e. The molecular formula is C18H23NO. The number of ketones is 1. The number of carbonyl (C=O) groups is 1. The van der Waals surface area contributed by atoms with Crippen molar-refractivity contribution < 1.29 is 4.79 Å². The number of hydrogen-bond acceptors (Lipinski definition) is 2. The zero-order valence-corrected chi connectivity index (χ0v) is 12.3. The molecule has 0 bridgehead atoms. The maximum atomic E-state index is 12.4. The highest BCUT2D eigenvalue weighted by molar-refractivity contribution is 6.01. The summed E-state index contributed by atoms with van der Waals surface area (Å²) in [6.45, 7) is 4.02. The van der Waals surface area contributed by atoms with Crippen LogP contribution in [0.2, 0.25) is 0 Å². The summed E-state index contributed by atoms with van der Waals surface area (Å²) in [6, 6.07) is 14.3. The van der Waals surface area contributed by atoms with Gasteiger partial charge in [-0.25, -0.2) is 0 Å². The monoisotopic (exact) mass is 269 g/mol. The van der Waals surface area contributed by atoms with E-state index in [-0.39, 0.29) is 17.7 Å². The molecule has 2 aromatic carbocycles. The molecule has 2 atom stereocenters. The first-order chi connectivity index (χ1) is 9.58. The SMILES string of the molecule is CC(N)CCCC(C)C(=O)c1ccc2ccccc2c1. The van der Waals surface area contributed by atoms with E-state index in [0.717, 1.165) is 30.2 Å². The molecule has 106 valence electrons. The van der Waals surface area contributed by atoms with Crippen LogP contribution in [0, 0.1) is 5.92 Å². The van der Waals surface area contributed by atoms with Crippen LogP contribution in [0.15, 0.2) is 42.5 Å². The third kappa shape index (κ3) is 3.67. The van der Waals surface area contributed by atoms with E-state index in [2.05, 4.69) is 6.07 Å². The molecule has 0 aliphatic rings. The van der Waals surface area contributed by atoms with Crippen LogP contribution in [0.5, 0.6) is 0 Å². The number of fused-ring (bicyclic) bond motifs is 1. The van der Waals surface area contributed by atoms with Gasteiger partial charge in [-0.05, 0) is 36.6 Å². The molecule has 2 aromatic rings. The first-order valence-electron chi connectivity index (χ1n) is 7.36. The molecule has 0 aliphatic carbocycles. The van der Waals surface area contributed by atoms with Gasteiger partial charge < -0.3 is 5.73 Å². The normalized spacial score (nSPS) is 14.2. The molecule has 0 saturated heterocycles. The minimum atomic E-state index is 0.0647. The van der Waals surface area contributed by atoms with E-state index in [1.807, 2.05) is 50.2 Å². The summed E-state index contributed by atoms with van der Waals surface area (Å²) in [6.07, 6.45) is 2.90. The Labute approximate surface area is 121 Å². The van der Waals surface area contributed by atoms with Crippen molar-refractivity contribution in [1.82, 2.24) is 0 Å². The van der Waals surface area contributed by atoms with Crippen molar-refractivity contribution in [2.24, 2.45) is 11.7 Å². The van der Waals surface area contributed by atoms with Crippen molar-refractivity contribution >= 4 is 16.6 Å². The zero-order valence-electron chi connectivity index (χ0n) is 12.3. The molecule has 2 rings (SSSR count). The molecule has 2 N–H and O–H groups in total. The van der Waals surface area contributed by atoms with Crippen molar-refractivity contribution in [2.75, 3.05) is 0 Å². The molecule has 0 saturated carbocycles. The van der Waals surface area contributed by atoms with Crippen LogP contribution < -0.4 is 5.73 Å². The fourth-order valence-electron chi connectivity index (χ4n) is 2.50. The van der Waals surface area contributed by atoms with E-state index in [1.54, 1.807) is 0 Å². The molecule has 0 spiro atoms. The lowest BCUT2D eigenvalue weighted by atomic mass is 9.92. The average molecular weight is 269 g/mol. The molecule has 0 amide bonds. The van der Waals surface area contributed by atoms with Gasteiger partial charge in [0.15, 0.2) is 5.78 Å². The van der Waals surface area contributed by atoms with Crippen molar-refractivity contribution in [1.29, 1.82) is 0 Å². The van der Waals surface area contributed by atoms with E-state index in [0.29, 0.717) is 0 Å². The number of nitrogens with two attached hydrogens (primary N) is 1. The molecule has 20 heavy (non-hydrogen) atoms. The van der Waals surface area contributed by atoms with Crippen LogP contribution in [0.3, 0.4) is 0 Å². The van der Waals surface area contributed by atoms with Crippen molar-refractivity contribution in [3.63, 3.8) is 0 Å². The van der Waals surface area contributed by atoms with Gasteiger partial charge in [-0.3, -0.25) is 4.79 Å². The van der Waals surface area contributed by atoms with Gasteiger partial charge in [0, 0.05) is 17.5 Å². The van der Waals surface area contributed by atoms with Gasteiger partial charge in [-0.15, -0.1) is 0 Å². The number of hydrogen-bond donors (Lipinski definition) is 1. The minimum absolute atomic E-state index is 0.0647. The Morgan fingerprint density at radius 2 is 1.75 bits per heavy atom. The van der Waals surface area contributed by atoms with Gasteiger partial charge >= 0.3 is 0 Å². The molecule has 0 radical (unpaired) electrons. The summed E-state index contributed by atoms with van der Waals surface area (Å²) >= 11 is 0. The summed E-state index contributed by atoms with van der Waals surface area (Å²) in [5, 5.41) is 2.30. The Bertz CT molecular complexity index is 589. The Morgan fingerprint density at radius 1 is 1.05 bits per heavy atom. The van der Waals surface area contributed by atoms with Crippen LogP contribution >= 0.6 is 0 Å². The summed E-state index contributed by atoms with van der Waals surface area (Å²) in [5.41, 5.74) is 6.56. The summed E-state index contributed by atoms with van der Waals surface area (Å²) in [4.78, 5) is 12.4.